The zero-order valence-electron chi connectivity index (χ0n) is 11.4. The third-order valence-corrected chi connectivity index (χ3v) is 4.53. The molecule has 0 saturated carbocycles. The maximum Gasteiger partial charge on any atom is 0.387 e. The molecule has 21 heavy (non-hydrogen) atoms. The van der Waals surface area contributed by atoms with Gasteiger partial charge in [-0.2, -0.15) is 8.78 Å². The van der Waals surface area contributed by atoms with E-state index in [0.717, 1.165) is 18.2 Å². The average molecular weight is 344 g/mol. The van der Waals surface area contributed by atoms with Crippen LogP contribution in [0, 0.1) is 0 Å². The lowest BCUT2D eigenvalue weighted by atomic mass is 10.1. The summed E-state index contributed by atoms with van der Waals surface area (Å²) in [5.74, 6) is -0.314. The molecule has 5 nitrogen and oxygen atoms in total. The summed E-state index contributed by atoms with van der Waals surface area (Å²) in [7, 11) is -3.91. The van der Waals surface area contributed by atoms with Gasteiger partial charge in [-0.25, -0.2) is 13.1 Å². The van der Waals surface area contributed by atoms with Gasteiger partial charge in [0.1, 0.15) is 5.75 Å². The maximum atomic E-state index is 12.1. The summed E-state index contributed by atoms with van der Waals surface area (Å²) in [6, 6.07) is 3.13. The molecule has 0 spiro atoms. The normalized spacial score (nSPS) is 15.0. The first-order chi connectivity index (χ1) is 9.57. The fourth-order valence-electron chi connectivity index (χ4n) is 1.30. The summed E-state index contributed by atoms with van der Waals surface area (Å²) in [6.45, 7) is -0.0367. The molecular formula is C12H16ClF2NO4S. The molecule has 0 fully saturated rings. The van der Waals surface area contributed by atoms with Crippen LogP contribution in [0.15, 0.2) is 23.1 Å². The van der Waals surface area contributed by atoms with E-state index in [2.05, 4.69) is 9.46 Å². The van der Waals surface area contributed by atoms with E-state index < -0.39 is 22.2 Å². The van der Waals surface area contributed by atoms with E-state index in [1.807, 2.05) is 0 Å². The van der Waals surface area contributed by atoms with E-state index >= 15 is 0 Å². The molecule has 1 unspecified atom stereocenters. The van der Waals surface area contributed by atoms with Crippen LogP contribution in [-0.2, 0) is 10.0 Å². The molecule has 0 aliphatic rings. The minimum absolute atomic E-state index is 0.182. The van der Waals surface area contributed by atoms with Gasteiger partial charge in [-0.1, -0.05) is 18.5 Å². The first-order valence-electron chi connectivity index (χ1n) is 6.04. The number of hydrogen-bond acceptors (Lipinski definition) is 4. The van der Waals surface area contributed by atoms with Crippen molar-refractivity contribution in [2.45, 2.75) is 37.4 Å². The summed E-state index contributed by atoms with van der Waals surface area (Å²) in [6.07, 6.45) is 0.359. The lowest BCUT2D eigenvalue weighted by Crippen LogP contribution is -2.40. The molecule has 0 aromatic heterocycles. The van der Waals surface area contributed by atoms with Crippen LogP contribution in [0.2, 0.25) is 5.02 Å². The molecule has 0 aliphatic heterocycles. The number of sulfonamides is 1. The molecule has 1 aromatic rings. The molecule has 0 heterocycles. The minimum Gasteiger partial charge on any atom is -0.433 e. The first kappa shape index (κ1) is 18.1. The van der Waals surface area contributed by atoms with E-state index in [1.165, 1.54) is 6.92 Å². The van der Waals surface area contributed by atoms with Crippen molar-refractivity contribution in [2.75, 3.05) is 6.54 Å². The highest BCUT2D eigenvalue weighted by Gasteiger charge is 2.23. The highest BCUT2D eigenvalue weighted by atomic mass is 35.5. The fraction of sp³-hybridized carbons (Fsp3) is 0.500. The SMILES string of the molecule is CCC(C)(O)CNS(=O)(=O)c1ccc(OC(F)F)c(Cl)c1. The number of ether oxygens (including phenoxy) is 1. The largest absolute Gasteiger partial charge is 0.433 e. The van der Waals surface area contributed by atoms with E-state index in [4.69, 9.17) is 11.6 Å². The second-order valence-electron chi connectivity index (χ2n) is 4.65. The maximum absolute atomic E-state index is 12.1. The Hall–Kier alpha value is -0.960. The van der Waals surface area contributed by atoms with E-state index in [-0.39, 0.29) is 22.2 Å². The zero-order chi connectivity index (χ0) is 16.3. The van der Waals surface area contributed by atoms with Crippen molar-refractivity contribution in [1.29, 1.82) is 0 Å². The van der Waals surface area contributed by atoms with Gasteiger partial charge in [0.05, 0.1) is 15.5 Å². The van der Waals surface area contributed by atoms with Crippen molar-refractivity contribution in [3.05, 3.63) is 23.2 Å². The summed E-state index contributed by atoms with van der Waals surface area (Å²) >= 11 is 5.70. The molecule has 120 valence electrons. The molecule has 9 heteroatoms. The predicted molar refractivity (Wildman–Crippen MR) is 74.2 cm³/mol. The van der Waals surface area contributed by atoms with E-state index in [1.54, 1.807) is 6.92 Å². The molecule has 1 aromatic carbocycles. The third kappa shape index (κ3) is 5.39. The Labute approximate surface area is 126 Å². The summed E-state index contributed by atoms with van der Waals surface area (Å²) < 4.78 is 54.5. The quantitative estimate of drug-likeness (QED) is 0.797. The topological polar surface area (TPSA) is 75.6 Å². The lowest BCUT2D eigenvalue weighted by Gasteiger charge is -2.21. The first-order valence-corrected chi connectivity index (χ1v) is 7.90. The van der Waals surface area contributed by atoms with Crippen LogP contribution in [0.5, 0.6) is 5.75 Å². The van der Waals surface area contributed by atoms with Crippen LogP contribution in [0.4, 0.5) is 8.78 Å². The molecular weight excluding hydrogens is 328 g/mol. The standard InChI is InChI=1S/C12H16ClF2NO4S/c1-3-12(2,17)7-16-21(18,19)8-4-5-10(9(13)6-8)20-11(14)15/h4-6,11,16-17H,3,7H2,1-2H3. The van der Waals surface area contributed by atoms with Crippen molar-refractivity contribution in [2.24, 2.45) is 0 Å². The Balaban J connectivity index is 2.92. The second-order valence-corrected chi connectivity index (χ2v) is 6.82. The molecule has 2 N–H and O–H groups in total. The highest BCUT2D eigenvalue weighted by molar-refractivity contribution is 7.89. The summed E-state index contributed by atoms with van der Waals surface area (Å²) in [5.41, 5.74) is -1.18. The zero-order valence-corrected chi connectivity index (χ0v) is 13.0. The van der Waals surface area contributed by atoms with Gasteiger partial charge < -0.3 is 9.84 Å². The number of hydrogen-bond donors (Lipinski definition) is 2. The van der Waals surface area contributed by atoms with Crippen molar-refractivity contribution in [3.63, 3.8) is 0 Å². The highest BCUT2D eigenvalue weighted by Crippen LogP contribution is 2.28. The van der Waals surface area contributed by atoms with Gasteiger partial charge >= 0.3 is 6.61 Å². The summed E-state index contributed by atoms with van der Waals surface area (Å²) in [4.78, 5) is -0.207. The number of alkyl halides is 2. The van der Waals surface area contributed by atoms with Crippen LogP contribution in [0.1, 0.15) is 20.3 Å². The van der Waals surface area contributed by atoms with Crippen LogP contribution in [0.25, 0.3) is 0 Å². The van der Waals surface area contributed by atoms with Crippen LogP contribution < -0.4 is 9.46 Å². The number of rotatable bonds is 7. The third-order valence-electron chi connectivity index (χ3n) is 2.83. The number of halogens is 3. The number of benzene rings is 1. The Morgan fingerprint density at radius 1 is 1.48 bits per heavy atom. The second kappa shape index (κ2) is 6.87. The van der Waals surface area contributed by atoms with Gasteiger partial charge in [0, 0.05) is 6.54 Å². The van der Waals surface area contributed by atoms with E-state index in [0.29, 0.717) is 6.42 Å². The van der Waals surface area contributed by atoms with Gasteiger partial charge in [0.25, 0.3) is 0 Å². The Kier molecular flexibility index (Phi) is 5.92. The predicted octanol–water partition coefficient (Wildman–Crippen LogP) is 2.38. The van der Waals surface area contributed by atoms with Gasteiger partial charge in [0.2, 0.25) is 10.0 Å². The van der Waals surface area contributed by atoms with Crippen molar-refractivity contribution >= 4 is 21.6 Å². The number of aliphatic hydroxyl groups is 1. The smallest absolute Gasteiger partial charge is 0.387 e. The van der Waals surface area contributed by atoms with Crippen LogP contribution >= 0.6 is 11.6 Å². The molecule has 0 bridgehead atoms. The Bertz CT molecular complexity index is 593. The van der Waals surface area contributed by atoms with Gasteiger partial charge in [-0.3, -0.25) is 0 Å². The van der Waals surface area contributed by atoms with E-state index in [9.17, 15) is 22.3 Å². The average Bonchev–Trinajstić information content (AvgIpc) is 2.38. The van der Waals surface area contributed by atoms with Crippen molar-refractivity contribution in [1.82, 2.24) is 4.72 Å². The monoisotopic (exact) mass is 343 g/mol. The summed E-state index contributed by atoms with van der Waals surface area (Å²) in [5, 5.41) is 9.53. The van der Waals surface area contributed by atoms with Gasteiger partial charge in [-0.15, -0.1) is 0 Å². The van der Waals surface area contributed by atoms with Crippen LogP contribution in [0.3, 0.4) is 0 Å². The lowest BCUT2D eigenvalue weighted by molar-refractivity contribution is -0.0498. The van der Waals surface area contributed by atoms with Gasteiger partial charge in [0.15, 0.2) is 0 Å². The van der Waals surface area contributed by atoms with Crippen molar-refractivity contribution < 1.29 is 27.0 Å². The minimum atomic E-state index is -3.91. The van der Waals surface area contributed by atoms with Gasteiger partial charge in [-0.05, 0) is 31.5 Å². The molecule has 0 saturated heterocycles. The molecule has 0 amide bonds. The Morgan fingerprint density at radius 2 is 2.10 bits per heavy atom. The van der Waals surface area contributed by atoms with Crippen LogP contribution in [-0.4, -0.2) is 32.3 Å². The van der Waals surface area contributed by atoms with Crippen molar-refractivity contribution in [3.8, 4) is 5.75 Å². The molecule has 0 aliphatic carbocycles. The Morgan fingerprint density at radius 3 is 2.57 bits per heavy atom. The molecule has 1 atom stereocenters. The molecule has 1 rings (SSSR count). The molecule has 0 radical (unpaired) electrons. The number of nitrogens with one attached hydrogen (secondary N) is 1. The fourth-order valence-corrected chi connectivity index (χ4v) is 2.78.